The Bertz CT molecular complexity index is 129. The summed E-state index contributed by atoms with van der Waals surface area (Å²) in [6.07, 6.45) is 0. The zero-order chi connectivity index (χ0) is 7.28. The van der Waals surface area contributed by atoms with Crippen LogP contribution in [0, 0.1) is 0 Å². The van der Waals surface area contributed by atoms with Gasteiger partial charge in [-0.3, -0.25) is 0 Å². The van der Waals surface area contributed by atoms with Crippen molar-refractivity contribution < 1.29 is 14.6 Å². The fraction of sp³-hybridized carbons (Fsp3) is 0.500. The van der Waals surface area contributed by atoms with E-state index in [-0.39, 0.29) is 81.1 Å². The summed E-state index contributed by atoms with van der Waals surface area (Å²) in [6, 6.07) is 0. The van der Waals surface area contributed by atoms with E-state index < -0.39 is 5.97 Å². The molecule has 1 N–H and O–H groups in total. The number of aliphatic hydroxyl groups excluding tert-OH is 1. The molecule has 0 radical (unpaired) electrons. The first-order valence-electron chi connectivity index (χ1n) is 2.62. The Kier molecular flexibility index (Phi) is 42.2. The van der Waals surface area contributed by atoms with Crippen LogP contribution in [0.15, 0.2) is 12.2 Å². The van der Waals surface area contributed by atoms with E-state index in [1.54, 1.807) is 6.92 Å². The van der Waals surface area contributed by atoms with Crippen LogP contribution in [0.3, 0.4) is 0 Å². The lowest BCUT2D eigenvalue weighted by Crippen LogP contribution is -2.08. The molecule has 0 aromatic carbocycles. The summed E-state index contributed by atoms with van der Waals surface area (Å²) in [7, 11) is 0. The van der Waals surface area contributed by atoms with E-state index in [0.717, 1.165) is 0 Å². The molecule has 0 heterocycles. The van der Waals surface area contributed by atoms with Gasteiger partial charge in [0.1, 0.15) is 6.61 Å². The quantitative estimate of drug-likeness (QED) is 0.527. The predicted molar refractivity (Wildman–Crippen MR) is 74.1 cm³/mol. The number of halogens is 4. The van der Waals surface area contributed by atoms with E-state index in [1.807, 2.05) is 0 Å². The molecule has 0 aliphatic carbocycles. The molecule has 0 saturated carbocycles. The van der Waals surface area contributed by atoms with Crippen molar-refractivity contribution >= 4 is 73.9 Å². The van der Waals surface area contributed by atoms with Crippen LogP contribution in [0.5, 0.6) is 0 Å². The smallest absolute Gasteiger partial charge is 0.333 e. The van der Waals surface area contributed by atoms with Crippen molar-refractivity contribution in [2.75, 3.05) is 13.2 Å². The lowest BCUT2D eigenvalue weighted by molar-refractivity contribution is -0.139. The Morgan fingerprint density at radius 3 is 1.92 bits per heavy atom. The second kappa shape index (κ2) is 18.8. The molecule has 3 nitrogen and oxygen atoms in total. The fourth-order valence-corrected chi connectivity index (χ4v) is 0.262. The Morgan fingerprint density at radius 1 is 1.31 bits per heavy atom. The number of carbonyl (C=O) groups is 1. The molecule has 0 fully saturated rings. The Morgan fingerprint density at radius 2 is 1.69 bits per heavy atom. The van der Waals surface area contributed by atoms with Gasteiger partial charge in [0.25, 0.3) is 0 Å². The molecule has 13 heavy (non-hydrogen) atoms. The monoisotopic (exact) mass is 450 g/mol. The van der Waals surface area contributed by atoms with Gasteiger partial charge in [-0.2, -0.15) is 0 Å². The van der Waals surface area contributed by atoms with Crippen LogP contribution in [0.2, 0.25) is 0 Å². The Labute approximate surface area is 120 Å². The lowest BCUT2D eigenvalue weighted by Gasteiger charge is -1.99. The first-order chi connectivity index (χ1) is 4.18. The van der Waals surface area contributed by atoms with Crippen molar-refractivity contribution in [3.05, 3.63) is 12.2 Å². The highest BCUT2D eigenvalue weighted by Crippen LogP contribution is 1.89. The molecule has 0 atom stereocenters. The standard InChI is InChI=1S/C6H10O3.4BrH/c1-5(2)6(8)9-4-3-7;;;;/h7H,1,3-4H2,2H3;4*1H. The van der Waals surface area contributed by atoms with Gasteiger partial charge in [-0.05, 0) is 6.92 Å². The number of aliphatic hydroxyl groups is 1. The van der Waals surface area contributed by atoms with Crippen LogP contribution in [0.25, 0.3) is 0 Å². The average molecular weight is 454 g/mol. The predicted octanol–water partition coefficient (Wildman–Crippen LogP) is 2.41. The van der Waals surface area contributed by atoms with Gasteiger partial charge in [0, 0.05) is 5.57 Å². The number of ether oxygens (including phenoxy) is 1. The van der Waals surface area contributed by atoms with Crippen LogP contribution < -0.4 is 0 Å². The second-order valence-electron chi connectivity index (χ2n) is 1.64. The topological polar surface area (TPSA) is 46.5 Å². The summed E-state index contributed by atoms with van der Waals surface area (Å²) in [5.41, 5.74) is 0.350. The minimum absolute atomic E-state index is 0. The molecule has 7 heteroatoms. The highest BCUT2D eigenvalue weighted by atomic mass is 79.9. The van der Waals surface area contributed by atoms with Gasteiger partial charge in [0.05, 0.1) is 6.61 Å². The van der Waals surface area contributed by atoms with Crippen molar-refractivity contribution in [1.82, 2.24) is 0 Å². The molecule has 0 saturated heterocycles. The average Bonchev–Trinajstić information content (AvgIpc) is 1.82. The molecule has 0 amide bonds. The molecule has 0 spiro atoms. The molecule has 0 aliphatic rings. The first-order valence-corrected chi connectivity index (χ1v) is 2.62. The van der Waals surface area contributed by atoms with Crippen molar-refractivity contribution in [3.8, 4) is 0 Å². The molecule has 0 aromatic heterocycles. The van der Waals surface area contributed by atoms with E-state index in [9.17, 15) is 4.79 Å². The van der Waals surface area contributed by atoms with Gasteiger partial charge < -0.3 is 9.84 Å². The third-order valence-electron chi connectivity index (χ3n) is 0.673. The van der Waals surface area contributed by atoms with Gasteiger partial charge in [-0.25, -0.2) is 4.79 Å². The summed E-state index contributed by atoms with van der Waals surface area (Å²) in [5.74, 6) is -0.455. The second-order valence-corrected chi connectivity index (χ2v) is 1.64. The van der Waals surface area contributed by atoms with Crippen LogP contribution >= 0.6 is 67.9 Å². The highest BCUT2D eigenvalue weighted by Gasteiger charge is 1.99. The summed E-state index contributed by atoms with van der Waals surface area (Å²) in [6.45, 7) is 4.81. The van der Waals surface area contributed by atoms with E-state index in [0.29, 0.717) is 5.57 Å². The maximum absolute atomic E-state index is 10.5. The van der Waals surface area contributed by atoms with E-state index >= 15 is 0 Å². The van der Waals surface area contributed by atoms with Gasteiger partial charge in [-0.15, -0.1) is 67.9 Å². The third-order valence-corrected chi connectivity index (χ3v) is 0.673. The van der Waals surface area contributed by atoms with E-state index in [1.165, 1.54) is 0 Å². The van der Waals surface area contributed by atoms with Crippen molar-refractivity contribution in [2.24, 2.45) is 0 Å². The zero-order valence-electron chi connectivity index (χ0n) is 7.02. The first kappa shape index (κ1) is 29.2. The lowest BCUT2D eigenvalue weighted by atomic mass is 10.4. The van der Waals surface area contributed by atoms with Gasteiger partial charge in [-0.1, -0.05) is 6.58 Å². The molecule has 84 valence electrons. The Balaban J connectivity index is -0.0000000533. The number of rotatable bonds is 3. The maximum atomic E-state index is 10.5. The molecule has 0 aliphatic heterocycles. The zero-order valence-corrected chi connectivity index (χ0v) is 13.9. The van der Waals surface area contributed by atoms with Gasteiger partial charge >= 0.3 is 5.97 Å². The summed E-state index contributed by atoms with van der Waals surface area (Å²) < 4.78 is 4.46. The minimum atomic E-state index is -0.455. The van der Waals surface area contributed by atoms with Crippen LogP contribution in [-0.2, 0) is 9.53 Å². The molecule has 0 unspecified atom stereocenters. The normalized spacial score (nSPS) is 6.00. The highest BCUT2D eigenvalue weighted by molar-refractivity contribution is 8.93. The minimum Gasteiger partial charge on any atom is -0.460 e. The number of hydrogen-bond donors (Lipinski definition) is 1. The molecular formula is C6H14Br4O3. The largest absolute Gasteiger partial charge is 0.460 e. The van der Waals surface area contributed by atoms with Crippen LogP contribution in [-0.4, -0.2) is 24.3 Å². The van der Waals surface area contributed by atoms with Crippen molar-refractivity contribution in [2.45, 2.75) is 6.92 Å². The number of hydrogen-bond acceptors (Lipinski definition) is 3. The number of esters is 1. The van der Waals surface area contributed by atoms with E-state index in [2.05, 4.69) is 11.3 Å². The fourth-order valence-electron chi connectivity index (χ4n) is 0.262. The van der Waals surface area contributed by atoms with Crippen LogP contribution in [0.4, 0.5) is 0 Å². The molecule has 0 rings (SSSR count). The van der Waals surface area contributed by atoms with Crippen molar-refractivity contribution in [3.63, 3.8) is 0 Å². The molecule has 0 bridgehead atoms. The molecule has 0 aromatic rings. The summed E-state index contributed by atoms with van der Waals surface area (Å²) in [4.78, 5) is 10.5. The summed E-state index contributed by atoms with van der Waals surface area (Å²) in [5, 5.41) is 8.19. The van der Waals surface area contributed by atoms with E-state index in [4.69, 9.17) is 5.11 Å². The summed E-state index contributed by atoms with van der Waals surface area (Å²) >= 11 is 0. The van der Waals surface area contributed by atoms with Gasteiger partial charge in [0.2, 0.25) is 0 Å². The molecular weight excluding hydrogens is 440 g/mol. The third kappa shape index (κ3) is 19.5. The Hall–Kier alpha value is 1.09. The SMILES string of the molecule is Br.Br.Br.Br.C=C(C)C(=O)OCCO. The van der Waals surface area contributed by atoms with Crippen molar-refractivity contribution in [1.29, 1.82) is 0 Å². The van der Waals surface area contributed by atoms with Crippen LogP contribution in [0.1, 0.15) is 6.92 Å². The van der Waals surface area contributed by atoms with Gasteiger partial charge in [0.15, 0.2) is 0 Å². The number of carbonyl (C=O) groups excluding carboxylic acids is 1. The maximum Gasteiger partial charge on any atom is 0.333 e.